The first-order valence-corrected chi connectivity index (χ1v) is 8.22. The molecule has 2 N–H and O–H groups in total. The van der Waals surface area contributed by atoms with Gasteiger partial charge in [0.2, 0.25) is 0 Å². The molecule has 0 saturated carbocycles. The van der Waals surface area contributed by atoms with Gasteiger partial charge in [0.05, 0.1) is 34.5 Å². The second-order valence-electron chi connectivity index (χ2n) is 4.89. The van der Waals surface area contributed by atoms with Crippen LogP contribution < -0.4 is 5.32 Å². The monoisotopic (exact) mass is 341 g/mol. The second-order valence-corrected chi connectivity index (χ2v) is 5.84. The number of carbonyl (C=O) groups is 2. The highest BCUT2D eigenvalue weighted by molar-refractivity contribution is 7.13. The lowest BCUT2D eigenvalue weighted by Gasteiger charge is -2.07. The summed E-state index contributed by atoms with van der Waals surface area (Å²) in [6.45, 7) is 2.04. The van der Waals surface area contributed by atoms with Gasteiger partial charge in [-0.3, -0.25) is 9.89 Å². The number of benzene rings is 1. The summed E-state index contributed by atoms with van der Waals surface area (Å²) in [4.78, 5) is 25.2. The zero-order chi connectivity index (χ0) is 16.9. The van der Waals surface area contributed by atoms with Gasteiger partial charge < -0.3 is 10.1 Å². The van der Waals surface area contributed by atoms with Crippen molar-refractivity contribution in [3.05, 3.63) is 59.1 Å². The second kappa shape index (κ2) is 7.10. The molecule has 122 valence electrons. The van der Waals surface area contributed by atoms with Crippen LogP contribution in [0.15, 0.2) is 48.0 Å². The first-order valence-electron chi connectivity index (χ1n) is 7.35. The SMILES string of the molecule is CCOC(=O)c1cccc(NC(=O)c2cn[nH]c2-c2cccs2)c1. The smallest absolute Gasteiger partial charge is 0.338 e. The van der Waals surface area contributed by atoms with Crippen LogP contribution in [0.3, 0.4) is 0 Å². The molecule has 0 bridgehead atoms. The van der Waals surface area contributed by atoms with Gasteiger partial charge >= 0.3 is 5.97 Å². The van der Waals surface area contributed by atoms with E-state index in [1.165, 1.54) is 17.5 Å². The van der Waals surface area contributed by atoms with Crippen LogP contribution in [-0.2, 0) is 4.74 Å². The van der Waals surface area contributed by atoms with E-state index in [2.05, 4.69) is 15.5 Å². The lowest BCUT2D eigenvalue weighted by atomic mass is 10.1. The van der Waals surface area contributed by atoms with Crippen LogP contribution in [0.4, 0.5) is 5.69 Å². The minimum absolute atomic E-state index is 0.298. The fourth-order valence-electron chi connectivity index (χ4n) is 2.20. The maximum Gasteiger partial charge on any atom is 0.338 e. The summed E-state index contributed by atoms with van der Waals surface area (Å²) in [6, 6.07) is 10.5. The zero-order valence-corrected chi connectivity index (χ0v) is 13.7. The maximum absolute atomic E-state index is 12.5. The summed E-state index contributed by atoms with van der Waals surface area (Å²) in [7, 11) is 0. The molecule has 0 fully saturated rings. The number of rotatable bonds is 5. The van der Waals surface area contributed by atoms with Gasteiger partial charge in [0, 0.05) is 5.69 Å². The van der Waals surface area contributed by atoms with Gasteiger partial charge in [-0.2, -0.15) is 5.10 Å². The van der Waals surface area contributed by atoms with Crippen LogP contribution in [0, 0.1) is 0 Å². The van der Waals surface area contributed by atoms with Crippen LogP contribution >= 0.6 is 11.3 Å². The summed E-state index contributed by atoms with van der Waals surface area (Å²) < 4.78 is 4.96. The molecule has 1 aromatic carbocycles. The Morgan fingerprint density at radius 1 is 1.29 bits per heavy atom. The summed E-state index contributed by atoms with van der Waals surface area (Å²) in [5.74, 6) is -0.718. The fraction of sp³-hybridized carbons (Fsp3) is 0.118. The molecule has 1 amide bonds. The third-order valence-corrected chi connectivity index (χ3v) is 4.17. The van der Waals surface area contributed by atoms with Crippen molar-refractivity contribution >= 4 is 28.9 Å². The molecule has 0 radical (unpaired) electrons. The normalized spacial score (nSPS) is 10.4. The summed E-state index contributed by atoms with van der Waals surface area (Å²) >= 11 is 1.52. The van der Waals surface area contributed by atoms with Gasteiger partial charge in [-0.1, -0.05) is 12.1 Å². The van der Waals surface area contributed by atoms with Gasteiger partial charge in [-0.25, -0.2) is 4.79 Å². The molecule has 0 aliphatic carbocycles. The number of thiophene rings is 1. The molecule has 0 atom stereocenters. The van der Waals surface area contributed by atoms with Gasteiger partial charge in [-0.15, -0.1) is 11.3 Å². The average Bonchev–Trinajstić information content (AvgIpc) is 3.26. The topological polar surface area (TPSA) is 84.1 Å². The van der Waals surface area contributed by atoms with E-state index in [0.717, 1.165) is 4.88 Å². The molecule has 0 spiro atoms. The number of amides is 1. The Balaban J connectivity index is 1.80. The highest BCUT2D eigenvalue weighted by atomic mass is 32.1. The number of esters is 1. The number of carbonyl (C=O) groups excluding carboxylic acids is 2. The van der Waals surface area contributed by atoms with Crippen molar-refractivity contribution in [3.63, 3.8) is 0 Å². The molecule has 0 unspecified atom stereocenters. The molecular formula is C17H15N3O3S. The van der Waals surface area contributed by atoms with E-state index in [1.807, 2.05) is 17.5 Å². The van der Waals surface area contributed by atoms with Gasteiger partial charge in [-0.05, 0) is 36.6 Å². The van der Waals surface area contributed by atoms with Crippen molar-refractivity contribution in [2.24, 2.45) is 0 Å². The van der Waals surface area contributed by atoms with E-state index in [4.69, 9.17) is 4.74 Å². The maximum atomic E-state index is 12.5. The molecule has 3 rings (SSSR count). The summed E-state index contributed by atoms with van der Waals surface area (Å²) in [5.41, 5.74) is 2.02. The van der Waals surface area contributed by atoms with Crippen LogP contribution in [-0.4, -0.2) is 28.7 Å². The molecule has 24 heavy (non-hydrogen) atoms. The number of nitrogens with zero attached hydrogens (tertiary/aromatic N) is 1. The summed E-state index contributed by atoms with van der Waals surface area (Å²) in [5, 5.41) is 11.5. The van der Waals surface area contributed by atoms with Crippen molar-refractivity contribution in [1.29, 1.82) is 0 Å². The third kappa shape index (κ3) is 3.36. The lowest BCUT2D eigenvalue weighted by molar-refractivity contribution is 0.0526. The Bertz CT molecular complexity index is 856. The predicted molar refractivity (Wildman–Crippen MR) is 92.3 cm³/mol. The molecule has 2 aromatic heterocycles. The quantitative estimate of drug-likeness (QED) is 0.695. The van der Waals surface area contributed by atoms with Crippen molar-refractivity contribution in [3.8, 4) is 10.6 Å². The Hall–Kier alpha value is -2.93. The van der Waals surface area contributed by atoms with Crippen LogP contribution in [0.5, 0.6) is 0 Å². The van der Waals surface area contributed by atoms with Crippen molar-refractivity contribution in [2.45, 2.75) is 6.92 Å². The lowest BCUT2D eigenvalue weighted by Crippen LogP contribution is -2.13. The van der Waals surface area contributed by atoms with E-state index in [-0.39, 0.29) is 5.91 Å². The number of H-pyrrole nitrogens is 1. The average molecular weight is 341 g/mol. The molecule has 0 saturated heterocycles. The number of hydrogen-bond donors (Lipinski definition) is 2. The molecule has 0 aliphatic rings. The number of hydrogen-bond acceptors (Lipinski definition) is 5. The highest BCUT2D eigenvalue weighted by Gasteiger charge is 2.16. The van der Waals surface area contributed by atoms with E-state index in [1.54, 1.807) is 31.2 Å². The third-order valence-electron chi connectivity index (χ3n) is 3.28. The number of anilines is 1. The summed E-state index contributed by atoms with van der Waals surface area (Å²) in [6.07, 6.45) is 1.49. The van der Waals surface area contributed by atoms with Gasteiger partial charge in [0.25, 0.3) is 5.91 Å². The van der Waals surface area contributed by atoms with Crippen LogP contribution in [0.1, 0.15) is 27.6 Å². The standard InChI is InChI=1S/C17H15N3O3S/c1-2-23-17(22)11-5-3-6-12(9-11)19-16(21)13-10-18-20-15(13)14-7-4-8-24-14/h3-10H,2H2,1H3,(H,18,20)(H,19,21). The molecule has 0 aliphatic heterocycles. The predicted octanol–water partition coefficient (Wildman–Crippen LogP) is 3.57. The number of aromatic amines is 1. The Kier molecular flexibility index (Phi) is 4.72. The van der Waals surface area contributed by atoms with Gasteiger partial charge in [0.1, 0.15) is 0 Å². The minimum atomic E-state index is -0.420. The molecular weight excluding hydrogens is 326 g/mol. The first-order chi connectivity index (χ1) is 11.7. The molecule has 2 heterocycles. The van der Waals surface area contributed by atoms with Crippen LogP contribution in [0.2, 0.25) is 0 Å². The van der Waals surface area contributed by atoms with Crippen molar-refractivity contribution in [2.75, 3.05) is 11.9 Å². The van der Waals surface area contributed by atoms with E-state index < -0.39 is 5.97 Å². The number of nitrogens with one attached hydrogen (secondary N) is 2. The zero-order valence-electron chi connectivity index (χ0n) is 12.9. The number of ether oxygens (including phenoxy) is 1. The van der Waals surface area contributed by atoms with Crippen molar-refractivity contribution in [1.82, 2.24) is 10.2 Å². The molecule has 3 aromatic rings. The number of aromatic nitrogens is 2. The largest absolute Gasteiger partial charge is 0.462 e. The van der Waals surface area contributed by atoms with Crippen LogP contribution in [0.25, 0.3) is 10.6 Å². The Labute approximate surface area is 142 Å². The minimum Gasteiger partial charge on any atom is -0.462 e. The Morgan fingerprint density at radius 3 is 2.92 bits per heavy atom. The Morgan fingerprint density at radius 2 is 2.17 bits per heavy atom. The molecule has 6 nitrogen and oxygen atoms in total. The van der Waals surface area contributed by atoms with E-state index >= 15 is 0 Å². The highest BCUT2D eigenvalue weighted by Crippen LogP contribution is 2.26. The van der Waals surface area contributed by atoms with Gasteiger partial charge in [0.15, 0.2) is 0 Å². The van der Waals surface area contributed by atoms with E-state index in [0.29, 0.717) is 29.1 Å². The fourth-order valence-corrected chi connectivity index (χ4v) is 2.94. The first kappa shape index (κ1) is 15.9. The van der Waals surface area contributed by atoms with Crippen molar-refractivity contribution < 1.29 is 14.3 Å². The van der Waals surface area contributed by atoms with E-state index in [9.17, 15) is 9.59 Å². The molecule has 7 heteroatoms.